The van der Waals surface area contributed by atoms with Crippen LogP contribution in [0, 0.1) is 5.92 Å². The van der Waals surface area contributed by atoms with E-state index in [0.717, 1.165) is 35.8 Å². The normalized spacial score (nSPS) is 17.7. The Hall–Kier alpha value is -3.66. The van der Waals surface area contributed by atoms with Crippen LogP contribution in [0.5, 0.6) is 0 Å². The minimum absolute atomic E-state index is 0.0452. The zero-order valence-corrected chi connectivity index (χ0v) is 17.2. The number of allylic oxidation sites excluding steroid dienone is 2. The molecule has 156 valence electrons. The lowest BCUT2D eigenvalue weighted by Gasteiger charge is -2.20. The first-order valence-corrected chi connectivity index (χ1v) is 10.5. The first-order chi connectivity index (χ1) is 15.2. The number of hydrogen-bond donors (Lipinski definition) is 1. The van der Waals surface area contributed by atoms with Crippen molar-refractivity contribution in [2.45, 2.75) is 25.4 Å². The van der Waals surface area contributed by atoms with E-state index < -0.39 is 6.09 Å². The first kappa shape index (κ1) is 20.6. The highest BCUT2D eigenvalue weighted by Crippen LogP contribution is 2.32. The van der Waals surface area contributed by atoms with Crippen LogP contribution < -0.4 is 5.32 Å². The molecule has 1 aliphatic rings. The quantitative estimate of drug-likeness (QED) is 0.380. The summed E-state index contributed by atoms with van der Waals surface area (Å²) in [5, 5.41) is 2.81. The standard InChI is InChI=1S/C27H25NO3/c29-18-20-12-14-22(15-13-20)23-8-4-9-24(16-23)25-10-5-11-26(17-25)28-27(30)31-19-21-6-2-1-3-7-21/h1-12,14,16-18,20,22H,13,15,19H2,(H,28,30). The highest BCUT2D eigenvalue weighted by Gasteiger charge is 2.17. The second kappa shape index (κ2) is 9.90. The number of nitrogens with one attached hydrogen (secondary N) is 1. The third-order valence-electron chi connectivity index (χ3n) is 5.55. The molecular weight excluding hydrogens is 386 g/mol. The van der Waals surface area contributed by atoms with Crippen LogP contribution in [0.4, 0.5) is 10.5 Å². The van der Waals surface area contributed by atoms with Crippen LogP contribution in [0.1, 0.15) is 29.9 Å². The summed E-state index contributed by atoms with van der Waals surface area (Å²) in [6, 6.07) is 25.8. The molecule has 4 heteroatoms. The van der Waals surface area contributed by atoms with Gasteiger partial charge in [-0.2, -0.15) is 0 Å². The molecule has 2 unspecified atom stereocenters. The van der Waals surface area contributed by atoms with Gasteiger partial charge < -0.3 is 9.53 Å². The number of hydrogen-bond acceptors (Lipinski definition) is 3. The number of anilines is 1. The predicted molar refractivity (Wildman–Crippen MR) is 123 cm³/mol. The van der Waals surface area contributed by atoms with Crippen molar-refractivity contribution >= 4 is 18.1 Å². The van der Waals surface area contributed by atoms with Gasteiger partial charge in [-0.05, 0) is 47.2 Å². The Morgan fingerprint density at radius 3 is 2.42 bits per heavy atom. The van der Waals surface area contributed by atoms with Crippen LogP contribution in [-0.2, 0) is 16.1 Å². The molecule has 0 radical (unpaired) electrons. The Kier molecular flexibility index (Phi) is 6.58. The fourth-order valence-corrected chi connectivity index (χ4v) is 3.83. The van der Waals surface area contributed by atoms with Gasteiger partial charge in [-0.3, -0.25) is 5.32 Å². The lowest BCUT2D eigenvalue weighted by molar-refractivity contribution is -0.110. The molecule has 4 rings (SSSR count). The van der Waals surface area contributed by atoms with Crippen molar-refractivity contribution in [1.29, 1.82) is 0 Å². The van der Waals surface area contributed by atoms with Crippen molar-refractivity contribution in [2.24, 2.45) is 5.92 Å². The summed E-state index contributed by atoms with van der Waals surface area (Å²) >= 11 is 0. The topological polar surface area (TPSA) is 55.4 Å². The number of benzene rings is 3. The second-order valence-electron chi connectivity index (χ2n) is 7.76. The van der Waals surface area contributed by atoms with Crippen molar-refractivity contribution in [3.63, 3.8) is 0 Å². The summed E-state index contributed by atoms with van der Waals surface area (Å²) < 4.78 is 5.31. The van der Waals surface area contributed by atoms with Gasteiger partial charge in [-0.1, -0.05) is 78.9 Å². The number of carbonyl (C=O) groups is 2. The molecule has 0 heterocycles. The number of rotatable bonds is 6. The molecule has 4 nitrogen and oxygen atoms in total. The Labute approximate surface area is 182 Å². The zero-order valence-electron chi connectivity index (χ0n) is 17.2. The van der Waals surface area contributed by atoms with Gasteiger partial charge in [0.15, 0.2) is 0 Å². The lowest BCUT2D eigenvalue weighted by atomic mass is 9.84. The fourth-order valence-electron chi connectivity index (χ4n) is 3.83. The molecule has 3 aromatic rings. The van der Waals surface area contributed by atoms with Gasteiger partial charge in [0, 0.05) is 17.5 Å². The van der Waals surface area contributed by atoms with Crippen LogP contribution >= 0.6 is 0 Å². The molecule has 1 aliphatic carbocycles. The van der Waals surface area contributed by atoms with Gasteiger partial charge in [0.25, 0.3) is 0 Å². The largest absolute Gasteiger partial charge is 0.444 e. The van der Waals surface area contributed by atoms with Gasteiger partial charge in [0.1, 0.15) is 12.9 Å². The van der Waals surface area contributed by atoms with Gasteiger partial charge in [-0.15, -0.1) is 0 Å². The van der Waals surface area contributed by atoms with Crippen molar-refractivity contribution in [2.75, 3.05) is 5.32 Å². The zero-order chi connectivity index (χ0) is 21.5. The molecule has 0 spiro atoms. The summed E-state index contributed by atoms with van der Waals surface area (Å²) in [5.74, 6) is 0.370. The average Bonchev–Trinajstić information content (AvgIpc) is 2.84. The van der Waals surface area contributed by atoms with E-state index in [9.17, 15) is 9.59 Å². The first-order valence-electron chi connectivity index (χ1n) is 10.5. The van der Waals surface area contributed by atoms with E-state index in [1.807, 2.05) is 60.7 Å². The maximum Gasteiger partial charge on any atom is 0.411 e. The smallest absolute Gasteiger partial charge is 0.411 e. The molecule has 31 heavy (non-hydrogen) atoms. The predicted octanol–water partition coefficient (Wildman–Crippen LogP) is 6.35. The monoisotopic (exact) mass is 411 g/mol. The van der Waals surface area contributed by atoms with Crippen molar-refractivity contribution < 1.29 is 14.3 Å². The summed E-state index contributed by atoms with van der Waals surface area (Å²) in [4.78, 5) is 23.2. The summed E-state index contributed by atoms with van der Waals surface area (Å²) in [6.45, 7) is 0.230. The minimum Gasteiger partial charge on any atom is -0.444 e. The number of ether oxygens (including phenoxy) is 1. The van der Waals surface area contributed by atoms with Crippen LogP contribution in [-0.4, -0.2) is 12.4 Å². The molecule has 1 amide bonds. The Morgan fingerprint density at radius 1 is 0.903 bits per heavy atom. The third kappa shape index (κ3) is 5.48. The van der Waals surface area contributed by atoms with Gasteiger partial charge in [0.05, 0.1) is 0 Å². The molecule has 0 saturated carbocycles. The van der Waals surface area contributed by atoms with E-state index in [4.69, 9.17) is 4.74 Å². The van der Waals surface area contributed by atoms with E-state index in [1.54, 1.807) is 0 Å². The highest BCUT2D eigenvalue weighted by atomic mass is 16.5. The molecule has 1 N–H and O–H groups in total. The highest BCUT2D eigenvalue weighted by molar-refractivity contribution is 5.86. The molecular formula is C27H25NO3. The van der Waals surface area contributed by atoms with Gasteiger partial charge in [0.2, 0.25) is 0 Å². The second-order valence-corrected chi connectivity index (χ2v) is 7.76. The summed E-state index contributed by atoms with van der Waals surface area (Å²) in [5.41, 5.74) is 4.98. The number of amides is 1. The Balaban J connectivity index is 1.43. The molecule has 0 aliphatic heterocycles. The molecule has 3 aromatic carbocycles. The van der Waals surface area contributed by atoms with Crippen LogP contribution in [0.3, 0.4) is 0 Å². The molecule has 0 aromatic heterocycles. The van der Waals surface area contributed by atoms with Crippen LogP contribution in [0.15, 0.2) is 91.0 Å². The van der Waals surface area contributed by atoms with Crippen LogP contribution in [0.25, 0.3) is 11.1 Å². The van der Waals surface area contributed by atoms with E-state index in [0.29, 0.717) is 11.6 Å². The fraction of sp³-hybridized carbons (Fsp3) is 0.185. The van der Waals surface area contributed by atoms with Crippen molar-refractivity contribution in [1.82, 2.24) is 0 Å². The average molecular weight is 412 g/mol. The maximum atomic E-state index is 12.2. The van der Waals surface area contributed by atoms with Gasteiger partial charge >= 0.3 is 6.09 Å². The molecule has 0 saturated heterocycles. The van der Waals surface area contributed by atoms with E-state index in [2.05, 4.69) is 35.7 Å². The Morgan fingerprint density at radius 2 is 1.68 bits per heavy atom. The molecule has 0 fully saturated rings. The number of carbonyl (C=O) groups excluding carboxylic acids is 2. The molecule has 2 atom stereocenters. The van der Waals surface area contributed by atoms with E-state index in [-0.39, 0.29) is 12.5 Å². The SMILES string of the molecule is O=CC1C=CC(c2cccc(-c3cccc(NC(=O)OCc4ccccc4)c3)c2)CC1. The van der Waals surface area contributed by atoms with E-state index >= 15 is 0 Å². The minimum atomic E-state index is -0.480. The van der Waals surface area contributed by atoms with Gasteiger partial charge in [-0.25, -0.2) is 4.79 Å². The van der Waals surface area contributed by atoms with Crippen LogP contribution in [0.2, 0.25) is 0 Å². The third-order valence-corrected chi connectivity index (χ3v) is 5.55. The maximum absolute atomic E-state index is 12.2. The van der Waals surface area contributed by atoms with E-state index in [1.165, 1.54) is 5.56 Å². The Bertz CT molecular complexity index is 1070. The van der Waals surface area contributed by atoms with Crippen molar-refractivity contribution in [3.8, 4) is 11.1 Å². The summed E-state index contributed by atoms with van der Waals surface area (Å²) in [7, 11) is 0. The lowest BCUT2D eigenvalue weighted by Crippen LogP contribution is -2.13. The summed E-state index contributed by atoms with van der Waals surface area (Å²) in [6.07, 6.45) is 6.55. The van der Waals surface area contributed by atoms with Crippen molar-refractivity contribution in [3.05, 3.63) is 102 Å². The molecule has 0 bridgehead atoms. The number of aldehydes is 1.